The Kier molecular flexibility index (Phi) is 10.9. The molecule has 0 aromatic heterocycles. The zero-order chi connectivity index (χ0) is 29.3. The zero-order valence-corrected chi connectivity index (χ0v) is 25.3. The predicted octanol–water partition coefficient (Wildman–Crippen LogP) is 4.32. The fraction of sp³-hybridized carbons (Fsp3) is 0.706. The smallest absolute Gasteiger partial charge is 0.312 e. The molecule has 1 aromatic rings. The van der Waals surface area contributed by atoms with Gasteiger partial charge in [-0.15, -0.1) is 0 Å². The zero-order valence-electron chi connectivity index (χ0n) is 25.3. The first kappa shape index (κ1) is 30.6. The van der Waals surface area contributed by atoms with E-state index in [1.54, 1.807) is 4.90 Å². The van der Waals surface area contributed by atoms with Crippen LogP contribution in [0.25, 0.3) is 0 Å². The summed E-state index contributed by atoms with van der Waals surface area (Å²) in [4.78, 5) is 57.1. The fourth-order valence-corrected chi connectivity index (χ4v) is 7.71. The molecule has 2 saturated carbocycles. The molecule has 2 aliphatic heterocycles. The molecular formula is C34H50N4O4. The largest absolute Gasteiger partial charge is 0.346 e. The molecule has 0 radical (unpaired) electrons. The Morgan fingerprint density at radius 1 is 0.667 bits per heavy atom. The number of unbranched alkanes of at least 4 members (excludes halogenated alkanes) is 1. The fourth-order valence-electron chi connectivity index (χ4n) is 7.71. The lowest BCUT2D eigenvalue weighted by Gasteiger charge is -2.41. The molecule has 4 fully saturated rings. The molecule has 2 atom stereocenters. The summed E-state index contributed by atoms with van der Waals surface area (Å²) in [6.07, 6.45) is 16.4. The highest BCUT2D eigenvalue weighted by atomic mass is 16.2. The van der Waals surface area contributed by atoms with Gasteiger partial charge in [-0.05, 0) is 62.3 Å². The Morgan fingerprint density at radius 3 is 2.07 bits per heavy atom. The maximum Gasteiger partial charge on any atom is 0.312 e. The molecular weight excluding hydrogens is 528 g/mol. The second-order valence-electron chi connectivity index (χ2n) is 13.2. The van der Waals surface area contributed by atoms with Gasteiger partial charge in [-0.3, -0.25) is 19.2 Å². The molecule has 2 aliphatic carbocycles. The molecule has 4 aliphatic rings. The molecule has 8 heteroatoms. The van der Waals surface area contributed by atoms with Gasteiger partial charge in [0.1, 0.15) is 0 Å². The van der Waals surface area contributed by atoms with E-state index in [-0.39, 0.29) is 23.9 Å². The summed E-state index contributed by atoms with van der Waals surface area (Å²) < 4.78 is 0. The second-order valence-corrected chi connectivity index (χ2v) is 13.2. The van der Waals surface area contributed by atoms with E-state index in [4.69, 9.17) is 0 Å². The Balaban J connectivity index is 1.16. The van der Waals surface area contributed by atoms with Crippen molar-refractivity contribution in [3.8, 4) is 0 Å². The van der Waals surface area contributed by atoms with Crippen LogP contribution in [0.3, 0.4) is 0 Å². The minimum atomic E-state index is -0.489. The molecule has 8 nitrogen and oxygen atoms in total. The summed E-state index contributed by atoms with van der Waals surface area (Å²) in [6.45, 7) is 2.94. The van der Waals surface area contributed by atoms with E-state index < -0.39 is 11.8 Å². The molecule has 4 amide bonds. The van der Waals surface area contributed by atoms with Gasteiger partial charge < -0.3 is 20.0 Å². The number of rotatable bonds is 12. The van der Waals surface area contributed by atoms with Crippen molar-refractivity contribution in [2.24, 2.45) is 11.8 Å². The average Bonchev–Trinajstić information content (AvgIpc) is 3.02. The van der Waals surface area contributed by atoms with E-state index >= 15 is 0 Å². The second kappa shape index (κ2) is 15.0. The number of nitrogens with one attached hydrogen (secondary N) is 1. The third-order valence-electron chi connectivity index (χ3n) is 10.2. The van der Waals surface area contributed by atoms with Gasteiger partial charge in [-0.25, -0.2) is 0 Å². The van der Waals surface area contributed by atoms with Gasteiger partial charge in [-0.2, -0.15) is 0 Å². The Hall–Kier alpha value is -2.90. The van der Waals surface area contributed by atoms with Gasteiger partial charge >= 0.3 is 23.6 Å². The summed E-state index contributed by atoms with van der Waals surface area (Å²) in [5.74, 6) is -0.469. The third-order valence-corrected chi connectivity index (χ3v) is 10.2. The summed E-state index contributed by atoms with van der Waals surface area (Å²) in [6, 6.07) is 10.3. The van der Waals surface area contributed by atoms with Gasteiger partial charge in [0.05, 0.1) is 6.04 Å². The Labute approximate surface area is 251 Å². The summed E-state index contributed by atoms with van der Waals surface area (Å²) in [7, 11) is 0. The molecule has 5 rings (SSSR count). The molecule has 1 N–H and O–H groups in total. The van der Waals surface area contributed by atoms with Crippen molar-refractivity contribution < 1.29 is 19.2 Å². The van der Waals surface area contributed by atoms with Crippen molar-refractivity contribution in [2.75, 3.05) is 32.7 Å². The van der Waals surface area contributed by atoms with Crippen molar-refractivity contribution in [1.82, 2.24) is 20.0 Å². The van der Waals surface area contributed by atoms with Crippen LogP contribution in [0, 0.1) is 11.8 Å². The van der Waals surface area contributed by atoms with Crippen LogP contribution in [-0.2, 0) is 25.6 Å². The van der Waals surface area contributed by atoms with Gasteiger partial charge in [0.15, 0.2) is 0 Å². The highest BCUT2D eigenvalue weighted by molar-refractivity contribution is 6.36. The lowest BCUT2D eigenvalue weighted by molar-refractivity contribution is -0.159. The van der Waals surface area contributed by atoms with Crippen LogP contribution in [0.4, 0.5) is 0 Å². The monoisotopic (exact) mass is 578 g/mol. The van der Waals surface area contributed by atoms with E-state index in [9.17, 15) is 19.2 Å². The number of hydrogen-bond donors (Lipinski definition) is 1. The minimum absolute atomic E-state index is 0.00285. The van der Waals surface area contributed by atoms with Crippen molar-refractivity contribution in [3.63, 3.8) is 0 Å². The topological polar surface area (TPSA) is 90.0 Å². The molecule has 2 saturated heterocycles. The normalized spacial score (nSPS) is 24.8. The van der Waals surface area contributed by atoms with Crippen LogP contribution in [0.15, 0.2) is 30.3 Å². The van der Waals surface area contributed by atoms with Crippen molar-refractivity contribution in [3.05, 3.63) is 35.9 Å². The number of benzene rings is 1. The standard InChI is InChI=1S/C34H50N4O4/c39-31-32(40)38(24-28-16-8-3-9-17-28)29(23-35-31)18-10-11-20-36-25-30(22-27-14-6-2-7-15-27)37(34(42)33(36)41)21-19-26-12-4-1-5-13-26/h2,6-7,14-15,26,28-30H,1,3-5,8-13,16-25H2,(H,35,39)/t29-,30-/m0/s1. The quantitative estimate of drug-likeness (QED) is 0.296. The molecule has 2 heterocycles. The third kappa shape index (κ3) is 7.93. The first-order valence-corrected chi connectivity index (χ1v) is 16.7. The summed E-state index contributed by atoms with van der Waals surface area (Å²) in [5.41, 5.74) is 1.19. The Morgan fingerprint density at radius 2 is 1.36 bits per heavy atom. The summed E-state index contributed by atoms with van der Waals surface area (Å²) in [5, 5.41) is 2.78. The van der Waals surface area contributed by atoms with Crippen molar-refractivity contribution >= 4 is 23.6 Å². The summed E-state index contributed by atoms with van der Waals surface area (Å²) >= 11 is 0. The molecule has 0 unspecified atom stereocenters. The van der Waals surface area contributed by atoms with Crippen LogP contribution in [0.1, 0.15) is 95.5 Å². The van der Waals surface area contributed by atoms with E-state index in [1.165, 1.54) is 56.9 Å². The average molecular weight is 579 g/mol. The van der Waals surface area contributed by atoms with E-state index in [2.05, 4.69) is 17.4 Å². The minimum Gasteiger partial charge on any atom is -0.346 e. The maximum atomic E-state index is 13.4. The van der Waals surface area contributed by atoms with Gasteiger partial charge in [0.2, 0.25) is 0 Å². The lowest BCUT2D eigenvalue weighted by Crippen LogP contribution is -2.60. The Bertz CT molecular complexity index is 1070. The molecule has 0 bridgehead atoms. The van der Waals surface area contributed by atoms with E-state index in [1.807, 2.05) is 28.0 Å². The number of piperazine rings is 2. The number of amides is 4. The number of carbonyl (C=O) groups excluding carboxylic acids is 4. The van der Waals surface area contributed by atoms with Crippen LogP contribution < -0.4 is 5.32 Å². The van der Waals surface area contributed by atoms with Gasteiger partial charge in [0, 0.05) is 38.8 Å². The van der Waals surface area contributed by atoms with E-state index in [0.717, 1.165) is 44.9 Å². The highest BCUT2D eigenvalue weighted by Gasteiger charge is 2.39. The highest BCUT2D eigenvalue weighted by Crippen LogP contribution is 2.29. The molecule has 230 valence electrons. The van der Waals surface area contributed by atoms with Gasteiger partial charge in [0.25, 0.3) is 0 Å². The number of carbonyl (C=O) groups is 4. The van der Waals surface area contributed by atoms with Crippen molar-refractivity contribution in [2.45, 2.75) is 108 Å². The SMILES string of the molecule is O=C1NC[C@H](CCCCN2C[C@H](Cc3ccccc3)N(CCC3CCCCC3)C(=O)C2=O)N(CC2CCCCC2)C1=O. The van der Waals surface area contributed by atoms with Crippen LogP contribution in [-0.4, -0.2) is 83.1 Å². The van der Waals surface area contributed by atoms with Crippen molar-refractivity contribution in [1.29, 1.82) is 0 Å². The number of nitrogens with zero attached hydrogens (tertiary/aromatic N) is 3. The molecule has 42 heavy (non-hydrogen) atoms. The maximum absolute atomic E-state index is 13.4. The van der Waals surface area contributed by atoms with Crippen LogP contribution in [0.2, 0.25) is 0 Å². The first-order valence-electron chi connectivity index (χ1n) is 16.7. The first-order chi connectivity index (χ1) is 20.5. The predicted molar refractivity (Wildman–Crippen MR) is 162 cm³/mol. The lowest BCUT2D eigenvalue weighted by atomic mass is 9.86. The van der Waals surface area contributed by atoms with Gasteiger partial charge in [-0.1, -0.05) is 81.7 Å². The number of hydrogen-bond acceptors (Lipinski definition) is 4. The van der Waals surface area contributed by atoms with Crippen LogP contribution >= 0.6 is 0 Å². The van der Waals surface area contributed by atoms with E-state index in [0.29, 0.717) is 44.6 Å². The molecule has 1 aromatic carbocycles. The molecule has 0 spiro atoms. The van der Waals surface area contributed by atoms with Crippen LogP contribution in [0.5, 0.6) is 0 Å².